The molecule has 1 saturated heterocycles. The van der Waals surface area contributed by atoms with Gasteiger partial charge in [0, 0.05) is 31.7 Å². The number of hydrogen-bond acceptors (Lipinski definition) is 5. The molecule has 1 aliphatic heterocycles. The normalized spacial score (nSPS) is 23.5. The van der Waals surface area contributed by atoms with Crippen LogP contribution in [-0.2, 0) is 19.7 Å². The van der Waals surface area contributed by atoms with Gasteiger partial charge in [-0.25, -0.2) is 4.72 Å². The average molecular weight is 306 g/mol. The first-order valence-electron chi connectivity index (χ1n) is 6.86. The highest BCUT2D eigenvalue weighted by Crippen LogP contribution is 2.44. The number of hydrogen-bond donors (Lipinski definition) is 2. The highest BCUT2D eigenvalue weighted by Gasteiger charge is 2.43. The zero-order chi connectivity index (χ0) is 14.8. The number of aliphatic hydroxyl groups excluding tert-OH is 1. The van der Waals surface area contributed by atoms with E-state index in [9.17, 15) is 18.3 Å². The number of piperidine rings is 1. The Bertz CT molecular complexity index is 452. The summed E-state index contributed by atoms with van der Waals surface area (Å²) in [5, 5.41) is 9.19. The Morgan fingerprint density at radius 3 is 2.45 bits per heavy atom. The maximum absolute atomic E-state index is 12.1. The number of ether oxygens (including phenoxy) is 1. The van der Waals surface area contributed by atoms with Crippen LogP contribution in [0.2, 0.25) is 0 Å². The Kier molecular flexibility index (Phi) is 4.68. The van der Waals surface area contributed by atoms with E-state index in [4.69, 9.17) is 0 Å². The number of aliphatic hydroxyl groups is 1. The first-order chi connectivity index (χ1) is 9.42. The van der Waals surface area contributed by atoms with Crippen molar-refractivity contribution in [1.82, 2.24) is 9.03 Å². The Hall–Kier alpha value is -0.700. The molecule has 2 N–H and O–H groups in total. The standard InChI is InChI=1S/C12H22N2O5S/c1-19-11(16)10-2-6-14(7-3-10)20(17,18)13-8-12(9-15)4-5-12/h10,13,15H,2-9H2,1H3. The molecular formula is C12H22N2O5S. The monoisotopic (exact) mass is 306 g/mol. The topological polar surface area (TPSA) is 95.9 Å². The van der Waals surface area contributed by atoms with Crippen molar-refractivity contribution in [1.29, 1.82) is 0 Å². The number of esters is 1. The quantitative estimate of drug-likeness (QED) is 0.644. The van der Waals surface area contributed by atoms with Crippen LogP contribution >= 0.6 is 0 Å². The van der Waals surface area contributed by atoms with Gasteiger partial charge >= 0.3 is 5.97 Å². The Balaban J connectivity index is 1.84. The predicted molar refractivity (Wildman–Crippen MR) is 72.0 cm³/mol. The van der Waals surface area contributed by atoms with E-state index in [2.05, 4.69) is 9.46 Å². The SMILES string of the molecule is COC(=O)C1CCN(S(=O)(=O)NCC2(CO)CC2)CC1. The smallest absolute Gasteiger partial charge is 0.308 e. The maximum Gasteiger partial charge on any atom is 0.308 e. The van der Waals surface area contributed by atoms with Crippen LogP contribution in [0.1, 0.15) is 25.7 Å². The van der Waals surface area contributed by atoms with Gasteiger partial charge in [-0.2, -0.15) is 12.7 Å². The van der Waals surface area contributed by atoms with Gasteiger partial charge in [0.05, 0.1) is 13.0 Å². The van der Waals surface area contributed by atoms with Crippen LogP contribution in [0.4, 0.5) is 0 Å². The van der Waals surface area contributed by atoms with Gasteiger partial charge in [-0.3, -0.25) is 4.79 Å². The number of nitrogens with zero attached hydrogens (tertiary/aromatic N) is 1. The van der Waals surface area contributed by atoms with Gasteiger partial charge in [-0.15, -0.1) is 0 Å². The van der Waals surface area contributed by atoms with E-state index >= 15 is 0 Å². The van der Waals surface area contributed by atoms with E-state index in [0.717, 1.165) is 12.8 Å². The van der Waals surface area contributed by atoms with Crippen LogP contribution in [0.25, 0.3) is 0 Å². The second-order valence-corrected chi connectivity index (χ2v) is 7.44. The molecule has 0 bridgehead atoms. The molecule has 8 heteroatoms. The summed E-state index contributed by atoms with van der Waals surface area (Å²) in [5.74, 6) is -0.481. The fourth-order valence-corrected chi connectivity index (χ4v) is 3.76. The summed E-state index contributed by atoms with van der Waals surface area (Å²) in [7, 11) is -2.18. The summed E-state index contributed by atoms with van der Waals surface area (Å²) in [6.07, 6.45) is 2.68. The van der Waals surface area contributed by atoms with Crippen molar-refractivity contribution >= 4 is 16.2 Å². The lowest BCUT2D eigenvalue weighted by molar-refractivity contribution is -0.146. The molecule has 2 aliphatic rings. The number of rotatable bonds is 6. The third-order valence-electron chi connectivity index (χ3n) is 4.25. The van der Waals surface area contributed by atoms with Gasteiger partial charge in [-0.1, -0.05) is 0 Å². The van der Waals surface area contributed by atoms with Crippen molar-refractivity contribution < 1.29 is 23.1 Å². The largest absolute Gasteiger partial charge is 0.469 e. The third-order valence-corrected chi connectivity index (χ3v) is 5.80. The molecule has 116 valence electrons. The Morgan fingerprint density at radius 1 is 1.40 bits per heavy atom. The molecule has 20 heavy (non-hydrogen) atoms. The lowest BCUT2D eigenvalue weighted by Crippen LogP contribution is -2.47. The van der Waals surface area contributed by atoms with Gasteiger partial charge < -0.3 is 9.84 Å². The summed E-state index contributed by atoms with van der Waals surface area (Å²) < 4.78 is 32.9. The van der Waals surface area contributed by atoms with Crippen molar-refractivity contribution in [2.24, 2.45) is 11.3 Å². The Morgan fingerprint density at radius 2 is 2.00 bits per heavy atom. The molecule has 1 aliphatic carbocycles. The molecule has 0 aromatic rings. The van der Waals surface area contributed by atoms with Crippen LogP contribution < -0.4 is 4.72 Å². The first kappa shape index (κ1) is 15.7. The molecule has 7 nitrogen and oxygen atoms in total. The van der Waals surface area contributed by atoms with E-state index in [0.29, 0.717) is 25.9 Å². The molecule has 1 saturated carbocycles. The van der Waals surface area contributed by atoms with Gasteiger partial charge in [0.25, 0.3) is 10.2 Å². The van der Waals surface area contributed by atoms with E-state index < -0.39 is 10.2 Å². The molecule has 0 atom stereocenters. The summed E-state index contributed by atoms with van der Waals surface area (Å²) in [4.78, 5) is 11.4. The van der Waals surface area contributed by atoms with Crippen molar-refractivity contribution in [3.63, 3.8) is 0 Å². The molecule has 0 spiro atoms. The number of carbonyl (C=O) groups excluding carboxylic acids is 1. The van der Waals surface area contributed by atoms with Crippen LogP contribution in [0.15, 0.2) is 0 Å². The molecule has 2 fully saturated rings. The highest BCUT2D eigenvalue weighted by molar-refractivity contribution is 7.87. The second kappa shape index (κ2) is 5.97. The van der Waals surface area contributed by atoms with Crippen molar-refractivity contribution in [3.05, 3.63) is 0 Å². The molecule has 0 unspecified atom stereocenters. The van der Waals surface area contributed by atoms with Crippen LogP contribution in [-0.4, -0.2) is 57.1 Å². The first-order valence-corrected chi connectivity index (χ1v) is 8.30. The lowest BCUT2D eigenvalue weighted by atomic mass is 9.99. The van der Waals surface area contributed by atoms with Gasteiger partial charge in [0.1, 0.15) is 0 Å². The second-order valence-electron chi connectivity index (χ2n) is 5.68. The lowest BCUT2D eigenvalue weighted by Gasteiger charge is -2.30. The number of carbonyl (C=O) groups is 1. The summed E-state index contributed by atoms with van der Waals surface area (Å²) in [6.45, 7) is 0.936. The fraction of sp³-hybridized carbons (Fsp3) is 0.917. The molecule has 0 aromatic carbocycles. The van der Waals surface area contributed by atoms with Crippen molar-refractivity contribution in [2.75, 3.05) is 33.4 Å². The molecular weight excluding hydrogens is 284 g/mol. The van der Waals surface area contributed by atoms with Gasteiger partial charge in [-0.05, 0) is 25.7 Å². The molecule has 1 heterocycles. The van der Waals surface area contributed by atoms with E-state index in [1.54, 1.807) is 0 Å². The van der Waals surface area contributed by atoms with Gasteiger partial charge in [0.2, 0.25) is 0 Å². The molecule has 0 amide bonds. The highest BCUT2D eigenvalue weighted by atomic mass is 32.2. The zero-order valence-corrected chi connectivity index (χ0v) is 12.5. The number of nitrogens with one attached hydrogen (secondary N) is 1. The molecule has 0 aromatic heterocycles. The van der Waals surface area contributed by atoms with Crippen molar-refractivity contribution in [2.45, 2.75) is 25.7 Å². The maximum atomic E-state index is 12.1. The van der Waals surface area contributed by atoms with E-state index in [1.807, 2.05) is 0 Å². The minimum Gasteiger partial charge on any atom is -0.469 e. The van der Waals surface area contributed by atoms with Crippen LogP contribution in [0.3, 0.4) is 0 Å². The van der Waals surface area contributed by atoms with Crippen molar-refractivity contribution in [3.8, 4) is 0 Å². The van der Waals surface area contributed by atoms with E-state index in [1.165, 1.54) is 11.4 Å². The summed E-state index contributed by atoms with van der Waals surface area (Å²) in [5.41, 5.74) is -0.253. The zero-order valence-electron chi connectivity index (χ0n) is 11.7. The predicted octanol–water partition coefficient (Wildman–Crippen LogP) is -0.522. The summed E-state index contributed by atoms with van der Waals surface area (Å²) in [6, 6.07) is 0. The van der Waals surface area contributed by atoms with E-state index in [-0.39, 0.29) is 30.5 Å². The number of methoxy groups -OCH3 is 1. The third kappa shape index (κ3) is 3.49. The fourth-order valence-electron chi connectivity index (χ4n) is 2.40. The molecule has 0 radical (unpaired) electrons. The van der Waals surface area contributed by atoms with Gasteiger partial charge in [0.15, 0.2) is 0 Å². The Labute approximate surface area is 119 Å². The molecule has 2 rings (SSSR count). The average Bonchev–Trinajstić information content (AvgIpc) is 3.25. The van der Waals surface area contributed by atoms with Crippen LogP contribution in [0, 0.1) is 11.3 Å². The minimum absolute atomic E-state index is 0.0138. The van der Waals surface area contributed by atoms with Crippen LogP contribution in [0.5, 0.6) is 0 Å². The minimum atomic E-state index is -3.52. The summed E-state index contributed by atoms with van der Waals surface area (Å²) >= 11 is 0.